The van der Waals surface area contributed by atoms with Crippen LogP contribution in [0.2, 0.25) is 0 Å². The fourth-order valence-corrected chi connectivity index (χ4v) is 2.05. The highest BCUT2D eigenvalue weighted by Crippen LogP contribution is 2.25. The summed E-state index contributed by atoms with van der Waals surface area (Å²) < 4.78 is 37.5. The highest BCUT2D eigenvalue weighted by molar-refractivity contribution is 5.96. The molecule has 132 valence electrons. The summed E-state index contributed by atoms with van der Waals surface area (Å²) in [5.74, 6) is -3.38. The van der Waals surface area contributed by atoms with E-state index in [1.54, 1.807) is 30.3 Å². The van der Waals surface area contributed by atoms with Crippen LogP contribution in [-0.4, -0.2) is 37.9 Å². The second kappa shape index (κ2) is 7.29. The van der Waals surface area contributed by atoms with Crippen LogP contribution in [0.4, 0.5) is 13.2 Å². The molecule has 0 bridgehead atoms. The highest BCUT2D eigenvalue weighted by atomic mass is 19.4. The lowest BCUT2D eigenvalue weighted by molar-refractivity contribution is -0.145. The summed E-state index contributed by atoms with van der Waals surface area (Å²) in [6.45, 7) is 1.29. The molecule has 1 aromatic heterocycles. The number of aromatic nitrogens is 2. The molecule has 0 fully saturated rings. The van der Waals surface area contributed by atoms with Crippen LogP contribution >= 0.6 is 0 Å². The van der Waals surface area contributed by atoms with Gasteiger partial charge in [-0.05, 0) is 12.5 Å². The Kier molecular flexibility index (Phi) is 5.35. The molecule has 0 aliphatic carbocycles. The molecule has 1 N–H and O–H groups in total. The van der Waals surface area contributed by atoms with Crippen LogP contribution in [0.3, 0.4) is 0 Å². The number of nitrogens with zero attached hydrogens (tertiary/aromatic N) is 3. The van der Waals surface area contributed by atoms with E-state index in [9.17, 15) is 27.9 Å². The van der Waals surface area contributed by atoms with Gasteiger partial charge in [0.1, 0.15) is 6.04 Å². The Bertz CT molecular complexity index is 749. The summed E-state index contributed by atoms with van der Waals surface area (Å²) in [6, 6.07) is 7.45. The number of aliphatic carboxylic acids is 1. The zero-order valence-corrected chi connectivity index (χ0v) is 13.1. The topological polar surface area (TPSA) is 83.4 Å². The first-order valence-corrected chi connectivity index (χ1v) is 7.17. The Labute approximate surface area is 140 Å². The molecule has 2 aromatic rings. The molecule has 1 amide bonds. The summed E-state index contributed by atoms with van der Waals surface area (Å²) in [7, 11) is 0. The number of amides is 1. The second-order valence-corrected chi connectivity index (χ2v) is 5.23. The normalized spacial score (nSPS) is 12.5. The Morgan fingerprint density at radius 3 is 2.20 bits per heavy atom. The Balaban J connectivity index is 2.30. The molecule has 0 aliphatic heterocycles. The molecule has 1 atom stereocenters. The lowest BCUT2D eigenvalue weighted by atomic mass is 10.1. The molecule has 25 heavy (non-hydrogen) atoms. The first kappa shape index (κ1) is 18.4. The predicted octanol–water partition coefficient (Wildman–Crippen LogP) is 2.61. The molecule has 0 spiro atoms. The van der Waals surface area contributed by atoms with E-state index in [4.69, 9.17) is 0 Å². The van der Waals surface area contributed by atoms with Crippen molar-refractivity contribution in [2.75, 3.05) is 0 Å². The van der Waals surface area contributed by atoms with Crippen molar-refractivity contribution in [3.8, 4) is 0 Å². The third-order valence-electron chi connectivity index (χ3n) is 3.43. The van der Waals surface area contributed by atoms with Gasteiger partial charge in [0.2, 0.25) is 5.82 Å². The summed E-state index contributed by atoms with van der Waals surface area (Å²) in [5.41, 5.74) is 0.453. The largest absolute Gasteiger partial charge is 0.480 e. The van der Waals surface area contributed by atoms with Crippen LogP contribution in [0, 0.1) is 0 Å². The van der Waals surface area contributed by atoms with Gasteiger partial charge in [0.15, 0.2) is 0 Å². The van der Waals surface area contributed by atoms with Crippen LogP contribution < -0.4 is 0 Å². The SMILES string of the molecule is CC(C(=O)O)N(Cc1ccccc1)C(=O)c1cnc(C(F)(F)F)nc1. The molecule has 1 aromatic carbocycles. The number of rotatable bonds is 5. The number of carbonyl (C=O) groups is 2. The van der Waals surface area contributed by atoms with Crippen molar-refractivity contribution in [2.24, 2.45) is 0 Å². The van der Waals surface area contributed by atoms with Crippen molar-refractivity contribution >= 4 is 11.9 Å². The first-order chi connectivity index (χ1) is 11.7. The van der Waals surface area contributed by atoms with E-state index in [0.717, 1.165) is 17.3 Å². The van der Waals surface area contributed by atoms with Crippen LogP contribution in [0.15, 0.2) is 42.7 Å². The van der Waals surface area contributed by atoms with Gasteiger partial charge in [-0.2, -0.15) is 13.2 Å². The van der Waals surface area contributed by atoms with Crippen LogP contribution in [-0.2, 0) is 17.5 Å². The smallest absolute Gasteiger partial charge is 0.451 e. The van der Waals surface area contributed by atoms with Crippen molar-refractivity contribution in [2.45, 2.75) is 25.7 Å². The molecular weight excluding hydrogens is 339 g/mol. The minimum atomic E-state index is -4.72. The van der Waals surface area contributed by atoms with Crippen molar-refractivity contribution in [3.63, 3.8) is 0 Å². The third-order valence-corrected chi connectivity index (χ3v) is 3.43. The van der Waals surface area contributed by atoms with Gasteiger partial charge in [-0.15, -0.1) is 0 Å². The van der Waals surface area contributed by atoms with Gasteiger partial charge in [0.05, 0.1) is 5.56 Å². The standard InChI is InChI=1S/C16H14F3N3O3/c1-10(14(24)25)22(9-11-5-3-2-4-6-11)13(23)12-7-20-15(21-8-12)16(17,18)19/h2-8,10H,9H2,1H3,(H,24,25). The maximum atomic E-state index is 12.6. The monoisotopic (exact) mass is 353 g/mol. The van der Waals surface area contributed by atoms with Gasteiger partial charge in [-0.1, -0.05) is 30.3 Å². The fraction of sp³-hybridized carbons (Fsp3) is 0.250. The van der Waals surface area contributed by atoms with E-state index >= 15 is 0 Å². The molecule has 0 saturated carbocycles. The molecule has 0 saturated heterocycles. The summed E-state index contributed by atoms with van der Waals surface area (Å²) in [6.07, 6.45) is -3.24. The maximum absolute atomic E-state index is 12.6. The lowest BCUT2D eigenvalue weighted by Gasteiger charge is -2.26. The summed E-state index contributed by atoms with van der Waals surface area (Å²) in [5, 5.41) is 9.20. The average molecular weight is 353 g/mol. The Hall–Kier alpha value is -2.97. The zero-order chi connectivity index (χ0) is 18.6. The van der Waals surface area contributed by atoms with Gasteiger partial charge >= 0.3 is 12.1 Å². The minimum Gasteiger partial charge on any atom is -0.480 e. The Morgan fingerprint density at radius 1 is 1.16 bits per heavy atom. The minimum absolute atomic E-state index is 0.0197. The van der Waals surface area contributed by atoms with E-state index in [1.807, 2.05) is 0 Å². The van der Waals surface area contributed by atoms with Crippen molar-refractivity contribution in [1.82, 2.24) is 14.9 Å². The number of hydrogen-bond acceptors (Lipinski definition) is 4. The molecular formula is C16H14F3N3O3. The van der Waals surface area contributed by atoms with Crippen LogP contribution in [0.25, 0.3) is 0 Å². The number of benzene rings is 1. The van der Waals surface area contributed by atoms with Crippen LogP contribution in [0.1, 0.15) is 28.7 Å². The van der Waals surface area contributed by atoms with Crippen molar-refractivity contribution < 1.29 is 27.9 Å². The van der Waals surface area contributed by atoms with Gasteiger partial charge in [-0.25, -0.2) is 14.8 Å². The van der Waals surface area contributed by atoms with Crippen molar-refractivity contribution in [1.29, 1.82) is 0 Å². The second-order valence-electron chi connectivity index (χ2n) is 5.23. The van der Waals surface area contributed by atoms with E-state index in [1.165, 1.54) is 6.92 Å². The quantitative estimate of drug-likeness (QED) is 0.893. The Morgan fingerprint density at radius 2 is 1.72 bits per heavy atom. The van der Waals surface area contributed by atoms with Crippen molar-refractivity contribution in [3.05, 3.63) is 59.7 Å². The number of hydrogen-bond donors (Lipinski definition) is 1. The van der Waals surface area contributed by atoms with Gasteiger partial charge in [0, 0.05) is 18.9 Å². The van der Waals surface area contributed by atoms with E-state index in [0.29, 0.717) is 5.56 Å². The molecule has 1 heterocycles. The third kappa shape index (κ3) is 4.52. The van der Waals surface area contributed by atoms with Gasteiger partial charge in [0.25, 0.3) is 5.91 Å². The average Bonchev–Trinajstić information content (AvgIpc) is 2.58. The molecule has 9 heteroatoms. The molecule has 2 rings (SSSR count). The van der Waals surface area contributed by atoms with Crippen LogP contribution in [0.5, 0.6) is 0 Å². The lowest BCUT2D eigenvalue weighted by Crippen LogP contribution is -2.42. The molecule has 0 radical (unpaired) electrons. The van der Waals surface area contributed by atoms with E-state index < -0.39 is 29.9 Å². The maximum Gasteiger partial charge on any atom is 0.451 e. The number of alkyl halides is 3. The number of halogens is 3. The van der Waals surface area contributed by atoms with Gasteiger partial charge < -0.3 is 10.0 Å². The van der Waals surface area contributed by atoms with Gasteiger partial charge in [-0.3, -0.25) is 4.79 Å². The predicted molar refractivity (Wildman–Crippen MR) is 80.4 cm³/mol. The zero-order valence-electron chi connectivity index (χ0n) is 13.1. The number of carboxylic acid groups (broad SMARTS) is 1. The summed E-state index contributed by atoms with van der Waals surface area (Å²) >= 11 is 0. The molecule has 0 aliphatic rings. The summed E-state index contributed by atoms with van der Waals surface area (Å²) in [4.78, 5) is 31.1. The highest BCUT2D eigenvalue weighted by Gasteiger charge is 2.35. The molecule has 1 unspecified atom stereocenters. The fourth-order valence-electron chi connectivity index (χ4n) is 2.05. The van der Waals surface area contributed by atoms with E-state index in [2.05, 4.69) is 9.97 Å². The number of carboxylic acids is 1. The van der Waals surface area contributed by atoms with E-state index in [-0.39, 0.29) is 12.1 Å². The number of carbonyl (C=O) groups excluding carboxylic acids is 1. The molecule has 6 nitrogen and oxygen atoms in total. The first-order valence-electron chi connectivity index (χ1n) is 7.17.